The van der Waals surface area contributed by atoms with Crippen LogP contribution in [-0.4, -0.2) is 46.8 Å². The van der Waals surface area contributed by atoms with Crippen molar-refractivity contribution in [2.75, 3.05) is 14.2 Å². The van der Waals surface area contributed by atoms with Crippen LogP contribution in [0.25, 0.3) is 10.8 Å². The van der Waals surface area contributed by atoms with E-state index in [9.17, 15) is 15.0 Å². The Bertz CT molecular complexity index is 2430. The number of phenols is 1. The van der Waals surface area contributed by atoms with E-state index in [1.54, 1.807) is 13.2 Å². The van der Waals surface area contributed by atoms with E-state index in [0.717, 1.165) is 40.5 Å². The van der Waals surface area contributed by atoms with Crippen molar-refractivity contribution in [1.29, 1.82) is 0 Å². The van der Waals surface area contributed by atoms with Crippen molar-refractivity contribution in [2.24, 2.45) is 11.3 Å². The molecule has 0 amide bonds. The number of aromatic hydroxyl groups is 1. The third-order valence-corrected chi connectivity index (χ3v) is 12.9. The van der Waals surface area contributed by atoms with Crippen molar-refractivity contribution in [1.82, 2.24) is 5.16 Å². The van der Waals surface area contributed by atoms with Gasteiger partial charge in [0.25, 0.3) is 5.88 Å². The zero-order valence-electron chi connectivity index (χ0n) is 31.5. The van der Waals surface area contributed by atoms with Crippen LogP contribution in [0, 0.1) is 11.3 Å². The molecule has 0 bridgehead atoms. The van der Waals surface area contributed by atoms with Crippen molar-refractivity contribution < 1.29 is 43.3 Å². The Morgan fingerprint density at radius 2 is 1.55 bits per heavy atom. The van der Waals surface area contributed by atoms with Crippen LogP contribution in [-0.2, 0) is 36.2 Å². The van der Waals surface area contributed by atoms with Crippen LogP contribution >= 0.6 is 0 Å². The number of Topliss-reactive ketones (excluding diaryl/α,β-unsaturated/α-hetero) is 2. The zero-order valence-corrected chi connectivity index (χ0v) is 31.5. The monoisotopic (exact) mass is 741 g/mol. The standard InChI is InChI=1S/C45H43NO9/c1-24-13-12-18-43(2,3)44(24)21-27-32-34(29(20-31(51-4)37(32)44)53-22-25-14-8-6-9-15-25)38(47)36-33(27)39(52-5)28-19-30-35(40(48)45(28,50)41(36)49)42(46-55-30)54-23-26-16-10-7-11-17-26/h6-11,13-17,20,28,39,47,50H,12,18-19,21-23H2,1-5H3/t28-,39-,44+,45-/m1/s1. The lowest BCUT2D eigenvalue weighted by atomic mass is 9.54. The van der Waals surface area contributed by atoms with Gasteiger partial charge in [-0.2, -0.15) is 0 Å². The minimum absolute atomic E-state index is 0.0346. The maximum absolute atomic E-state index is 15.1. The van der Waals surface area contributed by atoms with Crippen molar-refractivity contribution >= 4 is 22.3 Å². The molecule has 0 fully saturated rings. The van der Waals surface area contributed by atoms with Crippen molar-refractivity contribution in [3.8, 4) is 23.1 Å². The van der Waals surface area contributed by atoms with Gasteiger partial charge in [-0.1, -0.05) is 86.2 Å². The third-order valence-electron chi connectivity index (χ3n) is 12.9. The molecule has 1 heterocycles. The maximum atomic E-state index is 15.1. The highest BCUT2D eigenvalue weighted by Gasteiger charge is 2.65. The Morgan fingerprint density at radius 3 is 2.18 bits per heavy atom. The summed E-state index contributed by atoms with van der Waals surface area (Å²) < 4.78 is 30.6. The number of benzene rings is 4. The number of allylic oxidation sites excluding steroid dienone is 2. The van der Waals surface area contributed by atoms with E-state index < -0.39 is 34.6 Å². The van der Waals surface area contributed by atoms with Crippen LogP contribution in [0.3, 0.4) is 0 Å². The number of ketones is 2. The predicted molar refractivity (Wildman–Crippen MR) is 203 cm³/mol. The SMILES string of the molecule is COc1cc(OCc2ccccc2)c2c(O)c3c(c4c2c1[C@]1(C4)C(C)=CCCC1(C)C)[C@H](OC)[C@H]1Cc2onc(OCc4ccccc4)c2C(=O)[C@@]1(O)C3=O. The van der Waals surface area contributed by atoms with E-state index >= 15 is 4.79 Å². The van der Waals surface area contributed by atoms with Gasteiger partial charge in [0.1, 0.15) is 36.0 Å². The molecule has 0 unspecified atom stereocenters. The topological polar surface area (TPSA) is 138 Å². The van der Waals surface area contributed by atoms with E-state index in [2.05, 4.69) is 32.0 Å². The van der Waals surface area contributed by atoms with E-state index in [4.69, 9.17) is 23.5 Å². The fourth-order valence-corrected chi connectivity index (χ4v) is 10.2. The molecular weight excluding hydrogens is 698 g/mol. The molecule has 0 saturated carbocycles. The molecule has 5 aromatic rings. The number of hydrogen-bond acceptors (Lipinski definition) is 10. The number of carbonyl (C=O) groups excluding carboxylic acids is 2. The molecule has 4 aliphatic rings. The molecule has 55 heavy (non-hydrogen) atoms. The fraction of sp³-hybridized carbons (Fsp3) is 0.356. The van der Waals surface area contributed by atoms with Crippen LogP contribution < -0.4 is 14.2 Å². The second-order valence-electron chi connectivity index (χ2n) is 15.9. The van der Waals surface area contributed by atoms with Gasteiger partial charge >= 0.3 is 0 Å². The number of aromatic nitrogens is 1. The van der Waals surface area contributed by atoms with Crippen LogP contribution in [0.2, 0.25) is 0 Å². The van der Waals surface area contributed by atoms with Gasteiger partial charge in [-0.25, -0.2) is 0 Å². The molecule has 1 spiro atoms. The lowest BCUT2D eigenvalue weighted by Gasteiger charge is -2.49. The van der Waals surface area contributed by atoms with Gasteiger partial charge in [0.15, 0.2) is 11.4 Å². The van der Waals surface area contributed by atoms with Gasteiger partial charge in [0.05, 0.1) is 24.2 Å². The van der Waals surface area contributed by atoms with Gasteiger partial charge in [-0.15, -0.1) is 0 Å². The number of methoxy groups -OCH3 is 2. The molecule has 10 nitrogen and oxygen atoms in total. The highest BCUT2D eigenvalue weighted by molar-refractivity contribution is 6.27. The largest absolute Gasteiger partial charge is 0.506 e. The summed E-state index contributed by atoms with van der Waals surface area (Å²) in [5, 5.41) is 30.4. The fourth-order valence-electron chi connectivity index (χ4n) is 10.2. The molecule has 4 atom stereocenters. The summed E-state index contributed by atoms with van der Waals surface area (Å²) in [5.41, 5.74) is 1.38. The first kappa shape index (κ1) is 35.3. The normalized spacial score (nSPS) is 24.7. The summed E-state index contributed by atoms with van der Waals surface area (Å²) in [6.07, 6.45) is 3.54. The van der Waals surface area contributed by atoms with Gasteiger partial charge in [0.2, 0.25) is 11.6 Å². The first-order chi connectivity index (χ1) is 26.5. The zero-order chi connectivity index (χ0) is 38.4. The number of rotatable bonds is 8. The minimum Gasteiger partial charge on any atom is -0.506 e. The summed E-state index contributed by atoms with van der Waals surface area (Å²) in [5.74, 6) is -2.26. The quantitative estimate of drug-likeness (QED) is 0.119. The minimum atomic E-state index is -2.62. The van der Waals surface area contributed by atoms with E-state index in [1.807, 2.05) is 60.7 Å². The average molecular weight is 742 g/mol. The molecule has 0 aliphatic heterocycles. The maximum Gasteiger partial charge on any atom is 0.265 e. The van der Waals surface area contributed by atoms with Crippen molar-refractivity contribution in [3.63, 3.8) is 0 Å². The van der Waals surface area contributed by atoms with Crippen molar-refractivity contribution in [2.45, 2.75) is 76.8 Å². The first-order valence-corrected chi connectivity index (χ1v) is 18.7. The number of nitrogens with zero attached hydrogens (tertiary/aromatic N) is 1. The Balaban J connectivity index is 1.27. The van der Waals surface area contributed by atoms with Crippen LogP contribution in [0.1, 0.15) is 94.0 Å². The molecule has 0 saturated heterocycles. The molecule has 0 radical (unpaired) electrons. The lowest BCUT2D eigenvalue weighted by molar-refractivity contribution is -0.0607. The van der Waals surface area contributed by atoms with Gasteiger partial charge in [0, 0.05) is 41.9 Å². The average Bonchev–Trinajstić information content (AvgIpc) is 3.77. The Labute approximate surface area is 318 Å². The summed E-state index contributed by atoms with van der Waals surface area (Å²) in [4.78, 5) is 29.8. The number of fused-ring (bicyclic) bond motifs is 5. The van der Waals surface area contributed by atoms with Gasteiger partial charge in [-0.3, -0.25) is 9.59 Å². The molecule has 9 rings (SSSR count). The lowest BCUT2D eigenvalue weighted by Crippen LogP contribution is -2.60. The predicted octanol–water partition coefficient (Wildman–Crippen LogP) is 7.93. The summed E-state index contributed by atoms with van der Waals surface area (Å²) in [6, 6.07) is 20.8. The number of phenolic OH excluding ortho intramolecular Hbond substituents is 1. The Morgan fingerprint density at radius 1 is 0.891 bits per heavy atom. The highest BCUT2D eigenvalue weighted by atomic mass is 16.5. The number of ether oxygens (including phenoxy) is 4. The molecule has 2 N–H and O–H groups in total. The summed E-state index contributed by atoms with van der Waals surface area (Å²) in [6.45, 7) is 6.93. The summed E-state index contributed by atoms with van der Waals surface area (Å²) >= 11 is 0. The van der Waals surface area contributed by atoms with E-state index in [-0.39, 0.29) is 53.6 Å². The summed E-state index contributed by atoms with van der Waals surface area (Å²) in [7, 11) is 3.13. The second-order valence-corrected chi connectivity index (χ2v) is 15.9. The van der Waals surface area contributed by atoms with E-state index in [0.29, 0.717) is 28.9 Å². The third kappa shape index (κ3) is 4.77. The smallest absolute Gasteiger partial charge is 0.265 e. The first-order valence-electron chi connectivity index (χ1n) is 18.7. The Kier molecular flexibility index (Phi) is 8.04. The molecule has 4 aromatic carbocycles. The van der Waals surface area contributed by atoms with E-state index in [1.165, 1.54) is 12.7 Å². The Hall–Kier alpha value is -5.45. The molecule has 1 aromatic heterocycles. The molecule has 4 aliphatic carbocycles. The highest BCUT2D eigenvalue weighted by Crippen LogP contribution is 2.66. The molecule has 10 heteroatoms. The second kappa shape index (κ2) is 12.5. The van der Waals surface area contributed by atoms with Crippen LogP contribution in [0.5, 0.6) is 23.1 Å². The van der Waals surface area contributed by atoms with Gasteiger partial charge < -0.3 is 33.7 Å². The van der Waals surface area contributed by atoms with Crippen LogP contribution in [0.4, 0.5) is 0 Å². The van der Waals surface area contributed by atoms with Crippen molar-refractivity contribution in [3.05, 3.63) is 123 Å². The molecular formula is C45H43NO9. The number of hydrogen-bond donors (Lipinski definition) is 2. The number of aliphatic hydroxyl groups is 1. The van der Waals surface area contributed by atoms with Crippen LogP contribution in [0.15, 0.2) is 82.9 Å². The molecule has 282 valence electrons. The number of carbonyl (C=O) groups is 2. The van der Waals surface area contributed by atoms with Gasteiger partial charge in [-0.05, 0) is 59.0 Å².